The lowest BCUT2D eigenvalue weighted by molar-refractivity contribution is 0.0627. The second kappa shape index (κ2) is 10.7. The lowest BCUT2D eigenvalue weighted by atomic mass is 10.1. The second-order valence-electron chi connectivity index (χ2n) is 7.97. The van der Waals surface area contributed by atoms with E-state index in [4.69, 9.17) is 9.47 Å². The van der Waals surface area contributed by atoms with Gasteiger partial charge < -0.3 is 19.7 Å². The van der Waals surface area contributed by atoms with Crippen LogP contribution in [0.25, 0.3) is 11.3 Å². The summed E-state index contributed by atoms with van der Waals surface area (Å²) in [5.41, 5.74) is 1.95. The van der Waals surface area contributed by atoms with Crippen molar-refractivity contribution in [3.05, 3.63) is 52.3 Å². The number of hydrogen-bond donors (Lipinski definition) is 1. The third-order valence-corrected chi connectivity index (χ3v) is 6.77. The average Bonchev–Trinajstić information content (AvgIpc) is 3.54. The van der Waals surface area contributed by atoms with Gasteiger partial charge in [0.15, 0.2) is 0 Å². The highest BCUT2D eigenvalue weighted by Crippen LogP contribution is 2.33. The highest BCUT2D eigenvalue weighted by atomic mass is 32.1. The Bertz CT molecular complexity index is 1140. The second-order valence-corrected chi connectivity index (χ2v) is 8.92. The lowest BCUT2D eigenvalue weighted by Crippen LogP contribution is -2.50. The van der Waals surface area contributed by atoms with E-state index in [0.717, 1.165) is 30.1 Å². The number of carbonyl (C=O) groups excluding carboxylic acids is 2. The van der Waals surface area contributed by atoms with Crippen LogP contribution in [0.1, 0.15) is 20.2 Å². The van der Waals surface area contributed by atoms with Crippen LogP contribution < -0.4 is 14.8 Å². The lowest BCUT2D eigenvalue weighted by Gasteiger charge is -2.34. The largest absolute Gasteiger partial charge is 0.497 e. The fraction of sp³-hybridized carbons (Fsp3) is 0.375. The number of carbonyl (C=O) groups is 2. The molecular formula is C24H29N5O4S. The zero-order valence-electron chi connectivity index (χ0n) is 19.6. The van der Waals surface area contributed by atoms with Gasteiger partial charge in [-0.25, -0.2) is 0 Å². The Hall–Kier alpha value is -3.37. The molecule has 180 valence electrons. The molecule has 2 amide bonds. The topological polar surface area (TPSA) is 88.9 Å². The monoisotopic (exact) mass is 483 g/mol. The minimum absolute atomic E-state index is 0.0384. The molecule has 0 saturated carbocycles. The van der Waals surface area contributed by atoms with Crippen LogP contribution in [0.15, 0.2) is 41.8 Å². The van der Waals surface area contributed by atoms with E-state index in [1.807, 2.05) is 40.6 Å². The Balaban J connectivity index is 1.34. The van der Waals surface area contributed by atoms with Crippen molar-refractivity contribution < 1.29 is 19.1 Å². The molecule has 1 N–H and O–H groups in total. The fourth-order valence-corrected chi connectivity index (χ4v) is 4.61. The van der Waals surface area contributed by atoms with Gasteiger partial charge in [-0.15, -0.1) is 11.3 Å². The number of ether oxygens (including phenoxy) is 2. The number of aryl methyl sites for hydroxylation is 1. The maximum atomic E-state index is 13.2. The van der Waals surface area contributed by atoms with Crippen LogP contribution in [0.5, 0.6) is 11.5 Å². The Morgan fingerprint density at radius 3 is 2.56 bits per heavy atom. The van der Waals surface area contributed by atoms with Gasteiger partial charge in [-0.2, -0.15) is 5.10 Å². The molecule has 10 heteroatoms. The van der Waals surface area contributed by atoms with Crippen molar-refractivity contribution in [2.24, 2.45) is 7.05 Å². The number of hydrogen-bond acceptors (Lipinski definition) is 7. The van der Waals surface area contributed by atoms with Gasteiger partial charge in [0.1, 0.15) is 17.2 Å². The molecule has 1 fully saturated rings. The van der Waals surface area contributed by atoms with Crippen LogP contribution in [-0.4, -0.2) is 84.9 Å². The molecule has 4 rings (SSSR count). The molecule has 1 saturated heterocycles. The summed E-state index contributed by atoms with van der Waals surface area (Å²) in [5, 5.41) is 9.40. The third-order valence-electron chi connectivity index (χ3n) is 5.90. The molecule has 0 radical (unpaired) electrons. The van der Waals surface area contributed by atoms with Crippen LogP contribution in [0.2, 0.25) is 0 Å². The van der Waals surface area contributed by atoms with Gasteiger partial charge in [-0.05, 0) is 35.7 Å². The highest BCUT2D eigenvalue weighted by Gasteiger charge is 2.25. The van der Waals surface area contributed by atoms with Gasteiger partial charge >= 0.3 is 0 Å². The van der Waals surface area contributed by atoms with E-state index >= 15 is 0 Å². The van der Waals surface area contributed by atoms with Crippen LogP contribution in [-0.2, 0) is 7.05 Å². The number of methoxy groups -OCH3 is 2. The van der Waals surface area contributed by atoms with Crippen LogP contribution >= 0.6 is 11.3 Å². The van der Waals surface area contributed by atoms with Gasteiger partial charge in [0.05, 0.1) is 24.8 Å². The first-order valence-electron chi connectivity index (χ1n) is 11.1. The minimum atomic E-state index is -0.0474. The summed E-state index contributed by atoms with van der Waals surface area (Å²) in [6.45, 7) is 4.11. The molecule has 0 aliphatic carbocycles. The first-order chi connectivity index (χ1) is 16.5. The van der Waals surface area contributed by atoms with E-state index in [9.17, 15) is 9.59 Å². The summed E-state index contributed by atoms with van der Waals surface area (Å²) in [5.74, 6) is 1.27. The average molecular weight is 484 g/mol. The van der Waals surface area contributed by atoms with Crippen LogP contribution in [0.3, 0.4) is 0 Å². The number of aromatic nitrogens is 2. The zero-order chi connectivity index (χ0) is 24.1. The molecule has 1 aromatic carbocycles. The zero-order valence-corrected chi connectivity index (χ0v) is 20.4. The number of nitrogens with zero attached hydrogens (tertiary/aromatic N) is 4. The van der Waals surface area contributed by atoms with Gasteiger partial charge in [0.2, 0.25) is 0 Å². The molecule has 0 unspecified atom stereocenters. The Morgan fingerprint density at radius 2 is 1.88 bits per heavy atom. The van der Waals surface area contributed by atoms with Crippen molar-refractivity contribution in [2.75, 3.05) is 53.5 Å². The maximum absolute atomic E-state index is 13.2. The van der Waals surface area contributed by atoms with Gasteiger partial charge in [0, 0.05) is 51.9 Å². The van der Waals surface area contributed by atoms with E-state index < -0.39 is 0 Å². The molecule has 3 aromatic rings. The van der Waals surface area contributed by atoms with Crippen molar-refractivity contribution in [3.63, 3.8) is 0 Å². The van der Waals surface area contributed by atoms with E-state index in [1.54, 1.807) is 32.0 Å². The van der Waals surface area contributed by atoms with Crippen LogP contribution in [0, 0.1) is 0 Å². The Labute approximate surface area is 202 Å². The van der Waals surface area contributed by atoms with E-state index in [2.05, 4.69) is 15.3 Å². The summed E-state index contributed by atoms with van der Waals surface area (Å²) in [6, 6.07) is 11.0. The quantitative estimate of drug-likeness (QED) is 0.529. The number of thiophene rings is 1. The van der Waals surface area contributed by atoms with Crippen molar-refractivity contribution >= 4 is 23.2 Å². The fourth-order valence-electron chi connectivity index (χ4n) is 3.97. The normalized spacial score (nSPS) is 14.1. The third kappa shape index (κ3) is 5.23. The van der Waals surface area contributed by atoms with E-state index in [0.29, 0.717) is 42.5 Å². The molecule has 3 heterocycles. The predicted octanol–water partition coefficient (Wildman–Crippen LogP) is 2.35. The molecular weight excluding hydrogens is 454 g/mol. The minimum Gasteiger partial charge on any atom is -0.497 e. The molecule has 9 nitrogen and oxygen atoms in total. The van der Waals surface area contributed by atoms with Crippen molar-refractivity contribution in [1.82, 2.24) is 24.9 Å². The maximum Gasteiger partial charge on any atom is 0.272 e. The van der Waals surface area contributed by atoms with Gasteiger partial charge in [-0.3, -0.25) is 19.2 Å². The summed E-state index contributed by atoms with van der Waals surface area (Å²) < 4.78 is 12.4. The van der Waals surface area contributed by atoms with Gasteiger partial charge in [0.25, 0.3) is 11.8 Å². The molecule has 2 aromatic heterocycles. The Morgan fingerprint density at radius 1 is 1.09 bits per heavy atom. The summed E-state index contributed by atoms with van der Waals surface area (Å²) in [7, 11) is 4.99. The SMILES string of the molecule is COc1ccc(OC)c(-c2cc(C(=O)N3CCN(CCNC(=O)c4cccs4)CC3)n(C)n2)c1. The molecule has 0 spiro atoms. The molecule has 0 atom stereocenters. The standard InChI is InChI=1S/C24H29N5O4S/c1-27-20(16-19(26-27)18-15-17(32-2)6-7-21(18)33-3)24(31)29-12-10-28(11-13-29)9-8-25-23(30)22-5-4-14-34-22/h4-7,14-16H,8-13H2,1-3H3,(H,25,30). The van der Waals surface area contributed by atoms with E-state index in [1.165, 1.54) is 11.3 Å². The Kier molecular flexibility index (Phi) is 7.49. The smallest absolute Gasteiger partial charge is 0.272 e. The van der Waals surface area contributed by atoms with Gasteiger partial charge in [-0.1, -0.05) is 6.07 Å². The number of nitrogens with one attached hydrogen (secondary N) is 1. The summed E-state index contributed by atoms with van der Waals surface area (Å²) >= 11 is 1.43. The number of amides is 2. The number of piperazine rings is 1. The van der Waals surface area contributed by atoms with Crippen molar-refractivity contribution in [3.8, 4) is 22.8 Å². The van der Waals surface area contributed by atoms with E-state index in [-0.39, 0.29) is 11.8 Å². The molecule has 1 aliphatic heterocycles. The van der Waals surface area contributed by atoms with Crippen LogP contribution in [0.4, 0.5) is 0 Å². The summed E-state index contributed by atoms with van der Waals surface area (Å²) in [6.07, 6.45) is 0. The number of rotatable bonds is 8. The highest BCUT2D eigenvalue weighted by molar-refractivity contribution is 7.12. The first kappa shape index (κ1) is 23.8. The number of benzene rings is 1. The summed E-state index contributed by atoms with van der Waals surface area (Å²) in [4.78, 5) is 30.1. The molecule has 34 heavy (non-hydrogen) atoms. The molecule has 1 aliphatic rings. The van der Waals surface area contributed by atoms with Crippen molar-refractivity contribution in [2.45, 2.75) is 0 Å². The first-order valence-corrected chi connectivity index (χ1v) is 12.0. The van der Waals surface area contributed by atoms with Crippen molar-refractivity contribution in [1.29, 1.82) is 0 Å². The predicted molar refractivity (Wildman–Crippen MR) is 131 cm³/mol. The molecule has 0 bridgehead atoms.